The maximum Gasteiger partial charge on any atom is 0.356 e. The summed E-state index contributed by atoms with van der Waals surface area (Å²) in [4.78, 5) is 10.8. The molecule has 4 heteroatoms. The van der Waals surface area contributed by atoms with E-state index in [1.54, 1.807) is 6.07 Å². The molecule has 15 heavy (non-hydrogen) atoms. The van der Waals surface area contributed by atoms with Crippen LogP contribution < -0.4 is 0 Å². The second-order valence-electron chi connectivity index (χ2n) is 3.99. The largest absolute Gasteiger partial charge is 0.476 e. The number of carboxylic acids is 1. The van der Waals surface area contributed by atoms with E-state index in [9.17, 15) is 4.79 Å². The first-order valence-electron chi connectivity index (χ1n) is 5.37. The lowest BCUT2D eigenvalue weighted by Crippen LogP contribution is -2.07. The Morgan fingerprint density at radius 2 is 2.27 bits per heavy atom. The van der Waals surface area contributed by atoms with Crippen LogP contribution >= 0.6 is 0 Å². The minimum Gasteiger partial charge on any atom is -0.476 e. The molecule has 0 saturated heterocycles. The SMILES string of the molecule is CCCCn1nc(C(=O)O)cc1C(C)C. The highest BCUT2D eigenvalue weighted by molar-refractivity contribution is 5.85. The van der Waals surface area contributed by atoms with Crippen molar-refractivity contribution in [1.82, 2.24) is 9.78 Å². The van der Waals surface area contributed by atoms with Gasteiger partial charge in [-0.05, 0) is 18.4 Å². The molecule has 0 aromatic carbocycles. The number of hydrogen-bond acceptors (Lipinski definition) is 2. The zero-order valence-electron chi connectivity index (χ0n) is 9.53. The van der Waals surface area contributed by atoms with E-state index in [0.717, 1.165) is 25.1 Å². The molecule has 0 saturated carbocycles. The summed E-state index contributed by atoms with van der Waals surface area (Å²) >= 11 is 0. The highest BCUT2D eigenvalue weighted by Crippen LogP contribution is 2.16. The molecule has 1 aromatic rings. The quantitative estimate of drug-likeness (QED) is 0.812. The molecule has 0 spiro atoms. The zero-order valence-corrected chi connectivity index (χ0v) is 9.53. The molecule has 0 amide bonds. The molecular weight excluding hydrogens is 192 g/mol. The van der Waals surface area contributed by atoms with Gasteiger partial charge in [-0.2, -0.15) is 5.10 Å². The standard InChI is InChI=1S/C11H18N2O2/c1-4-5-6-13-10(8(2)3)7-9(12-13)11(14)15/h7-8H,4-6H2,1-3H3,(H,14,15). The van der Waals surface area contributed by atoms with Crippen molar-refractivity contribution >= 4 is 5.97 Å². The molecule has 0 unspecified atom stereocenters. The summed E-state index contributed by atoms with van der Waals surface area (Å²) in [5, 5.41) is 12.9. The number of nitrogens with zero attached hydrogens (tertiary/aromatic N) is 2. The fourth-order valence-corrected chi connectivity index (χ4v) is 1.49. The summed E-state index contributed by atoms with van der Waals surface area (Å²) in [5.41, 5.74) is 1.15. The van der Waals surface area contributed by atoms with Crippen LogP contribution in [0.1, 0.15) is 55.7 Å². The van der Waals surface area contributed by atoms with Gasteiger partial charge in [0, 0.05) is 12.2 Å². The Morgan fingerprint density at radius 3 is 2.73 bits per heavy atom. The molecule has 0 aliphatic heterocycles. The monoisotopic (exact) mass is 210 g/mol. The molecule has 0 bridgehead atoms. The molecular formula is C11H18N2O2. The highest BCUT2D eigenvalue weighted by atomic mass is 16.4. The number of hydrogen-bond donors (Lipinski definition) is 1. The number of aromatic nitrogens is 2. The molecule has 0 atom stereocenters. The summed E-state index contributed by atoms with van der Waals surface area (Å²) < 4.78 is 1.82. The Hall–Kier alpha value is -1.32. The number of aromatic carboxylic acids is 1. The van der Waals surface area contributed by atoms with E-state index in [4.69, 9.17) is 5.11 Å². The molecule has 1 N–H and O–H groups in total. The Balaban J connectivity index is 2.95. The fourth-order valence-electron chi connectivity index (χ4n) is 1.49. The van der Waals surface area contributed by atoms with Crippen molar-refractivity contribution in [2.24, 2.45) is 0 Å². The minimum atomic E-state index is -0.952. The highest BCUT2D eigenvalue weighted by Gasteiger charge is 2.14. The maximum absolute atomic E-state index is 10.8. The van der Waals surface area contributed by atoms with Crippen LogP contribution in [-0.2, 0) is 6.54 Å². The number of carboxylic acid groups (broad SMARTS) is 1. The second-order valence-corrected chi connectivity index (χ2v) is 3.99. The summed E-state index contributed by atoms with van der Waals surface area (Å²) in [6.45, 7) is 7.00. The third-order valence-electron chi connectivity index (χ3n) is 2.35. The van der Waals surface area contributed by atoms with Gasteiger partial charge in [-0.3, -0.25) is 4.68 Å². The predicted octanol–water partition coefficient (Wildman–Crippen LogP) is 2.50. The van der Waals surface area contributed by atoms with E-state index in [0.29, 0.717) is 5.92 Å². The Bertz CT molecular complexity index is 342. The van der Waals surface area contributed by atoms with E-state index in [2.05, 4.69) is 12.0 Å². The van der Waals surface area contributed by atoms with E-state index in [-0.39, 0.29) is 5.69 Å². The molecule has 0 aliphatic carbocycles. The Labute approximate surface area is 89.9 Å². The van der Waals surface area contributed by atoms with Crippen LogP contribution in [0.15, 0.2) is 6.07 Å². The van der Waals surface area contributed by atoms with Crippen LogP contribution in [0.4, 0.5) is 0 Å². The minimum absolute atomic E-state index is 0.148. The Morgan fingerprint density at radius 1 is 1.60 bits per heavy atom. The van der Waals surface area contributed by atoms with Crippen LogP contribution in [0.2, 0.25) is 0 Å². The van der Waals surface area contributed by atoms with Crippen LogP contribution in [0.25, 0.3) is 0 Å². The maximum atomic E-state index is 10.8. The van der Waals surface area contributed by atoms with Gasteiger partial charge < -0.3 is 5.11 Å². The van der Waals surface area contributed by atoms with E-state index >= 15 is 0 Å². The molecule has 1 heterocycles. The van der Waals surface area contributed by atoms with Crippen molar-refractivity contribution in [2.75, 3.05) is 0 Å². The Kier molecular flexibility index (Phi) is 3.88. The van der Waals surface area contributed by atoms with Crippen molar-refractivity contribution in [3.8, 4) is 0 Å². The summed E-state index contributed by atoms with van der Waals surface area (Å²) in [6.07, 6.45) is 2.11. The number of rotatable bonds is 5. The average molecular weight is 210 g/mol. The molecule has 1 aromatic heterocycles. The molecule has 1 rings (SSSR count). The van der Waals surface area contributed by atoms with Gasteiger partial charge in [-0.1, -0.05) is 27.2 Å². The predicted molar refractivity (Wildman–Crippen MR) is 58.2 cm³/mol. The van der Waals surface area contributed by atoms with Crippen LogP contribution in [0.5, 0.6) is 0 Å². The van der Waals surface area contributed by atoms with Crippen molar-refractivity contribution in [3.63, 3.8) is 0 Å². The van der Waals surface area contributed by atoms with E-state index < -0.39 is 5.97 Å². The van der Waals surface area contributed by atoms with Gasteiger partial charge in [0.25, 0.3) is 0 Å². The van der Waals surface area contributed by atoms with Gasteiger partial charge in [0.1, 0.15) is 0 Å². The first-order valence-corrected chi connectivity index (χ1v) is 5.37. The smallest absolute Gasteiger partial charge is 0.356 e. The third-order valence-corrected chi connectivity index (χ3v) is 2.35. The van der Waals surface area contributed by atoms with Gasteiger partial charge in [0.2, 0.25) is 0 Å². The molecule has 0 aliphatic rings. The zero-order chi connectivity index (χ0) is 11.4. The van der Waals surface area contributed by atoms with Gasteiger partial charge >= 0.3 is 5.97 Å². The number of unbranched alkanes of at least 4 members (excludes halogenated alkanes) is 1. The number of aryl methyl sites for hydroxylation is 1. The van der Waals surface area contributed by atoms with Gasteiger partial charge in [-0.25, -0.2) is 4.79 Å². The lowest BCUT2D eigenvalue weighted by Gasteiger charge is -2.08. The van der Waals surface area contributed by atoms with Gasteiger partial charge in [0.15, 0.2) is 5.69 Å². The second kappa shape index (κ2) is 4.96. The molecule has 84 valence electrons. The summed E-state index contributed by atoms with van der Waals surface area (Å²) in [6, 6.07) is 1.67. The van der Waals surface area contributed by atoms with Gasteiger partial charge in [-0.15, -0.1) is 0 Å². The number of carbonyl (C=O) groups is 1. The van der Waals surface area contributed by atoms with Crippen LogP contribution in [0, 0.1) is 0 Å². The fraction of sp³-hybridized carbons (Fsp3) is 0.636. The third kappa shape index (κ3) is 2.81. The molecule has 4 nitrogen and oxygen atoms in total. The summed E-state index contributed by atoms with van der Waals surface area (Å²) in [7, 11) is 0. The first-order chi connectivity index (χ1) is 7.06. The van der Waals surface area contributed by atoms with Crippen LogP contribution in [0.3, 0.4) is 0 Å². The van der Waals surface area contributed by atoms with Gasteiger partial charge in [0.05, 0.1) is 0 Å². The van der Waals surface area contributed by atoms with Crippen molar-refractivity contribution in [2.45, 2.75) is 46.1 Å². The van der Waals surface area contributed by atoms with E-state index in [1.165, 1.54) is 0 Å². The van der Waals surface area contributed by atoms with Crippen molar-refractivity contribution in [3.05, 3.63) is 17.5 Å². The summed E-state index contributed by atoms with van der Waals surface area (Å²) in [5.74, 6) is -0.644. The topological polar surface area (TPSA) is 55.1 Å². The molecule has 0 radical (unpaired) electrons. The van der Waals surface area contributed by atoms with Crippen molar-refractivity contribution < 1.29 is 9.90 Å². The molecule has 0 fully saturated rings. The van der Waals surface area contributed by atoms with Crippen molar-refractivity contribution in [1.29, 1.82) is 0 Å². The first kappa shape index (κ1) is 11.8. The lowest BCUT2D eigenvalue weighted by molar-refractivity contribution is 0.0689. The normalized spacial score (nSPS) is 10.9. The van der Waals surface area contributed by atoms with Crippen LogP contribution in [-0.4, -0.2) is 20.9 Å². The van der Waals surface area contributed by atoms with E-state index in [1.807, 2.05) is 18.5 Å². The average Bonchev–Trinajstić information content (AvgIpc) is 2.58. The lowest BCUT2D eigenvalue weighted by atomic mass is 10.1.